The smallest absolute Gasteiger partial charge is 0.337 e. The number of nitrogens with zero attached hydrogens (tertiary/aromatic N) is 1. The van der Waals surface area contributed by atoms with E-state index in [1.54, 1.807) is 12.1 Å². The largest absolute Gasteiger partial charge is 0.465 e. The standard InChI is InChI=1S/C23H27NO3/c1-5-17(24(3)6-2)12-14-18-19-9-7-8-10-21(19)27-22-15-16(23(25)26-4)11-13-20(18)22/h7-11,13-15,17H,5-6,12H2,1-4H3/b18-14+. The zero-order chi connectivity index (χ0) is 19.4. The average Bonchev–Trinajstić information content (AvgIpc) is 2.71. The third-order valence-corrected chi connectivity index (χ3v) is 5.28. The van der Waals surface area contributed by atoms with Crippen molar-refractivity contribution in [3.05, 3.63) is 65.2 Å². The monoisotopic (exact) mass is 365 g/mol. The Labute approximate surface area is 161 Å². The summed E-state index contributed by atoms with van der Waals surface area (Å²) in [4.78, 5) is 14.3. The minimum absolute atomic E-state index is 0.360. The summed E-state index contributed by atoms with van der Waals surface area (Å²) >= 11 is 0. The summed E-state index contributed by atoms with van der Waals surface area (Å²) in [6.07, 6.45) is 4.36. The summed E-state index contributed by atoms with van der Waals surface area (Å²) in [6.45, 7) is 5.44. The molecular weight excluding hydrogens is 338 g/mol. The van der Waals surface area contributed by atoms with Crippen LogP contribution >= 0.6 is 0 Å². The summed E-state index contributed by atoms with van der Waals surface area (Å²) in [5.41, 5.74) is 3.75. The maximum Gasteiger partial charge on any atom is 0.337 e. The van der Waals surface area contributed by atoms with Crippen molar-refractivity contribution in [1.29, 1.82) is 0 Å². The minimum Gasteiger partial charge on any atom is -0.465 e. The fourth-order valence-corrected chi connectivity index (χ4v) is 3.51. The molecule has 0 N–H and O–H groups in total. The van der Waals surface area contributed by atoms with E-state index in [1.165, 1.54) is 7.11 Å². The highest BCUT2D eigenvalue weighted by molar-refractivity contribution is 5.93. The van der Waals surface area contributed by atoms with Crippen molar-refractivity contribution in [2.75, 3.05) is 20.7 Å². The number of fused-ring (bicyclic) bond motifs is 2. The zero-order valence-electron chi connectivity index (χ0n) is 16.5. The van der Waals surface area contributed by atoms with E-state index in [4.69, 9.17) is 9.47 Å². The van der Waals surface area contributed by atoms with Crippen LogP contribution in [0.15, 0.2) is 48.5 Å². The van der Waals surface area contributed by atoms with Crippen molar-refractivity contribution in [1.82, 2.24) is 4.90 Å². The molecule has 0 saturated carbocycles. The second-order valence-corrected chi connectivity index (χ2v) is 6.79. The number of para-hydroxylation sites is 1. The average molecular weight is 365 g/mol. The number of hydrogen-bond donors (Lipinski definition) is 0. The van der Waals surface area contributed by atoms with E-state index in [0.29, 0.717) is 17.4 Å². The van der Waals surface area contributed by atoms with Crippen LogP contribution in [0.5, 0.6) is 11.5 Å². The molecule has 3 rings (SSSR count). The van der Waals surface area contributed by atoms with Crippen molar-refractivity contribution >= 4 is 11.5 Å². The topological polar surface area (TPSA) is 38.8 Å². The Hall–Kier alpha value is -2.59. The van der Waals surface area contributed by atoms with Crippen LogP contribution in [0.2, 0.25) is 0 Å². The van der Waals surface area contributed by atoms with Gasteiger partial charge in [-0.1, -0.05) is 38.1 Å². The Morgan fingerprint density at radius 3 is 2.59 bits per heavy atom. The molecule has 4 nitrogen and oxygen atoms in total. The molecule has 1 aliphatic heterocycles. The molecule has 0 aliphatic carbocycles. The zero-order valence-corrected chi connectivity index (χ0v) is 16.5. The molecule has 0 aromatic heterocycles. The number of methoxy groups -OCH3 is 1. The lowest BCUT2D eigenvalue weighted by atomic mass is 9.91. The maximum atomic E-state index is 11.9. The Balaban J connectivity index is 2.03. The highest BCUT2D eigenvalue weighted by atomic mass is 16.5. The lowest BCUT2D eigenvalue weighted by Gasteiger charge is -2.27. The highest BCUT2D eigenvalue weighted by Gasteiger charge is 2.23. The Kier molecular flexibility index (Phi) is 5.97. The van der Waals surface area contributed by atoms with Crippen molar-refractivity contribution in [3.8, 4) is 11.5 Å². The van der Waals surface area contributed by atoms with Crippen molar-refractivity contribution in [3.63, 3.8) is 0 Å². The molecule has 1 aliphatic rings. The van der Waals surface area contributed by atoms with E-state index in [1.807, 2.05) is 24.3 Å². The molecule has 0 bridgehead atoms. The third-order valence-electron chi connectivity index (χ3n) is 5.28. The highest BCUT2D eigenvalue weighted by Crippen LogP contribution is 2.44. The Bertz CT molecular complexity index is 856. The molecular formula is C23H27NO3. The van der Waals surface area contributed by atoms with E-state index < -0.39 is 0 Å². The number of benzene rings is 2. The number of esters is 1. The molecule has 0 fully saturated rings. The third kappa shape index (κ3) is 3.91. The van der Waals surface area contributed by atoms with Gasteiger partial charge in [0.2, 0.25) is 0 Å². The van der Waals surface area contributed by atoms with Crippen LogP contribution in [-0.2, 0) is 4.74 Å². The lowest BCUT2D eigenvalue weighted by molar-refractivity contribution is 0.0600. The van der Waals surface area contributed by atoms with Gasteiger partial charge in [-0.05, 0) is 56.3 Å². The molecule has 0 spiro atoms. The molecule has 1 atom stereocenters. The van der Waals surface area contributed by atoms with E-state index in [2.05, 4.69) is 37.9 Å². The minimum atomic E-state index is -0.360. The van der Waals surface area contributed by atoms with Gasteiger partial charge in [0.05, 0.1) is 12.7 Å². The van der Waals surface area contributed by atoms with E-state index in [9.17, 15) is 4.79 Å². The van der Waals surface area contributed by atoms with Gasteiger partial charge in [-0.3, -0.25) is 0 Å². The molecule has 27 heavy (non-hydrogen) atoms. The molecule has 0 saturated heterocycles. The SMILES string of the molecule is CCC(C/C=C1\c2ccccc2Oc2cc(C(=O)OC)ccc21)N(C)CC. The Morgan fingerprint density at radius 1 is 1.15 bits per heavy atom. The molecule has 2 aromatic carbocycles. The van der Waals surface area contributed by atoms with Crippen LogP contribution in [0, 0.1) is 0 Å². The number of carbonyl (C=O) groups excluding carboxylic acids is 1. The second-order valence-electron chi connectivity index (χ2n) is 6.79. The summed E-state index contributed by atoms with van der Waals surface area (Å²) < 4.78 is 10.9. The first kappa shape index (κ1) is 19.2. The van der Waals surface area contributed by atoms with Gasteiger partial charge >= 0.3 is 5.97 Å². The molecule has 1 heterocycles. The van der Waals surface area contributed by atoms with Crippen LogP contribution in [0.1, 0.15) is 48.2 Å². The van der Waals surface area contributed by atoms with Gasteiger partial charge in [0.25, 0.3) is 0 Å². The maximum absolute atomic E-state index is 11.9. The van der Waals surface area contributed by atoms with E-state index >= 15 is 0 Å². The predicted octanol–water partition coefficient (Wildman–Crippen LogP) is 5.13. The lowest BCUT2D eigenvalue weighted by Crippen LogP contribution is -2.30. The molecule has 2 aromatic rings. The molecule has 142 valence electrons. The van der Waals surface area contributed by atoms with E-state index in [0.717, 1.165) is 41.8 Å². The predicted molar refractivity (Wildman–Crippen MR) is 108 cm³/mol. The number of carbonyl (C=O) groups is 1. The van der Waals surface area contributed by atoms with Crippen LogP contribution in [0.4, 0.5) is 0 Å². The summed E-state index contributed by atoms with van der Waals surface area (Å²) in [6, 6.07) is 14.1. The van der Waals surface area contributed by atoms with Gasteiger partial charge in [0.15, 0.2) is 0 Å². The quantitative estimate of drug-likeness (QED) is 0.568. The first-order chi connectivity index (χ1) is 13.1. The van der Waals surface area contributed by atoms with Crippen molar-refractivity contribution in [2.24, 2.45) is 0 Å². The summed E-state index contributed by atoms with van der Waals surface area (Å²) in [5.74, 6) is 1.15. The van der Waals surface area contributed by atoms with Gasteiger partial charge in [-0.25, -0.2) is 4.79 Å². The normalized spacial score (nSPS) is 15.1. The van der Waals surface area contributed by atoms with Crippen LogP contribution in [0.3, 0.4) is 0 Å². The first-order valence-corrected chi connectivity index (χ1v) is 9.49. The number of hydrogen-bond acceptors (Lipinski definition) is 4. The summed E-state index contributed by atoms with van der Waals surface area (Å²) in [7, 11) is 3.56. The van der Waals surface area contributed by atoms with Crippen LogP contribution in [0.25, 0.3) is 5.57 Å². The van der Waals surface area contributed by atoms with Crippen molar-refractivity contribution < 1.29 is 14.3 Å². The fourth-order valence-electron chi connectivity index (χ4n) is 3.51. The van der Waals surface area contributed by atoms with Gasteiger partial charge < -0.3 is 14.4 Å². The Morgan fingerprint density at radius 2 is 1.89 bits per heavy atom. The van der Waals surface area contributed by atoms with Gasteiger partial charge in [-0.15, -0.1) is 0 Å². The molecule has 0 radical (unpaired) electrons. The second kappa shape index (κ2) is 8.40. The molecule has 4 heteroatoms. The van der Waals surface area contributed by atoms with Gasteiger partial charge in [0, 0.05) is 17.2 Å². The van der Waals surface area contributed by atoms with Crippen LogP contribution < -0.4 is 4.74 Å². The molecule has 1 unspecified atom stereocenters. The van der Waals surface area contributed by atoms with Crippen LogP contribution in [-0.4, -0.2) is 37.6 Å². The number of ether oxygens (including phenoxy) is 2. The van der Waals surface area contributed by atoms with Gasteiger partial charge in [0.1, 0.15) is 11.5 Å². The first-order valence-electron chi connectivity index (χ1n) is 9.49. The van der Waals surface area contributed by atoms with Crippen molar-refractivity contribution in [2.45, 2.75) is 32.7 Å². The summed E-state index contributed by atoms with van der Waals surface area (Å²) in [5, 5.41) is 0. The van der Waals surface area contributed by atoms with Gasteiger partial charge in [-0.2, -0.15) is 0 Å². The molecule has 0 amide bonds. The fraction of sp³-hybridized carbons (Fsp3) is 0.348. The van der Waals surface area contributed by atoms with E-state index in [-0.39, 0.29) is 5.97 Å². The number of rotatable bonds is 6.